The largest absolute Gasteiger partial charge is 0.439 e. The second-order valence-corrected chi connectivity index (χ2v) is 8.12. The van der Waals surface area contributed by atoms with Gasteiger partial charge in [0.15, 0.2) is 0 Å². The molecule has 0 unspecified atom stereocenters. The van der Waals surface area contributed by atoms with Crippen molar-refractivity contribution in [3.05, 3.63) is 76.5 Å². The second-order valence-electron chi connectivity index (χ2n) is 7.20. The third kappa shape index (κ3) is 5.36. The molecule has 2 aromatic heterocycles. The molecule has 4 rings (SSSR count). The van der Waals surface area contributed by atoms with Gasteiger partial charge >= 0.3 is 0 Å². The zero-order valence-corrected chi connectivity index (χ0v) is 18.1. The summed E-state index contributed by atoms with van der Waals surface area (Å²) in [6.45, 7) is 2.55. The Kier molecular flexibility index (Phi) is 6.59. The van der Waals surface area contributed by atoms with E-state index in [-0.39, 0.29) is 5.91 Å². The summed E-state index contributed by atoms with van der Waals surface area (Å²) in [4.78, 5) is 23.5. The fourth-order valence-electron chi connectivity index (χ4n) is 3.34. The number of amides is 1. The molecule has 1 saturated heterocycles. The van der Waals surface area contributed by atoms with Crippen molar-refractivity contribution in [1.29, 1.82) is 0 Å². The van der Waals surface area contributed by atoms with E-state index in [0.717, 1.165) is 28.9 Å². The van der Waals surface area contributed by atoms with Crippen LogP contribution in [0.1, 0.15) is 35.2 Å². The number of benzene rings is 1. The van der Waals surface area contributed by atoms with Crippen molar-refractivity contribution in [3.8, 4) is 11.6 Å². The van der Waals surface area contributed by atoms with Crippen LogP contribution < -0.4 is 15.0 Å². The van der Waals surface area contributed by atoms with E-state index in [4.69, 9.17) is 4.74 Å². The third-order valence-electron chi connectivity index (χ3n) is 4.96. The lowest BCUT2D eigenvalue weighted by Crippen LogP contribution is -2.30. The van der Waals surface area contributed by atoms with Crippen LogP contribution in [0.4, 0.5) is 5.82 Å². The molecule has 3 aromatic rings. The quantitative estimate of drug-likeness (QED) is 0.556. The number of anilines is 1. The minimum absolute atomic E-state index is 0.184. The number of piperidine rings is 1. The average molecular weight is 467 g/mol. The number of nitrogens with zero attached hydrogens (tertiary/aromatic N) is 3. The molecule has 1 aliphatic rings. The molecule has 154 valence electrons. The van der Waals surface area contributed by atoms with Gasteiger partial charge in [0.05, 0.1) is 5.56 Å². The molecule has 1 aromatic carbocycles. The zero-order chi connectivity index (χ0) is 20.8. The van der Waals surface area contributed by atoms with E-state index in [2.05, 4.69) is 36.1 Å². The maximum absolute atomic E-state index is 12.4. The Morgan fingerprint density at radius 1 is 1.03 bits per heavy atom. The van der Waals surface area contributed by atoms with E-state index in [0.29, 0.717) is 23.7 Å². The van der Waals surface area contributed by atoms with Crippen molar-refractivity contribution >= 4 is 27.7 Å². The number of hydrogen-bond acceptors (Lipinski definition) is 5. The summed E-state index contributed by atoms with van der Waals surface area (Å²) in [6.07, 6.45) is 7.09. The van der Waals surface area contributed by atoms with Gasteiger partial charge in [-0.3, -0.25) is 4.79 Å². The number of rotatable bonds is 6. The van der Waals surface area contributed by atoms with Gasteiger partial charge in [-0.15, -0.1) is 0 Å². The molecule has 0 bridgehead atoms. The maximum atomic E-state index is 12.4. The van der Waals surface area contributed by atoms with Crippen LogP contribution >= 0.6 is 15.9 Å². The van der Waals surface area contributed by atoms with Gasteiger partial charge in [0.1, 0.15) is 11.6 Å². The molecular weight excluding hydrogens is 444 g/mol. The predicted octanol–water partition coefficient (Wildman–Crippen LogP) is 4.95. The summed E-state index contributed by atoms with van der Waals surface area (Å²) in [5.74, 6) is 1.93. The van der Waals surface area contributed by atoms with Crippen LogP contribution in [0, 0.1) is 0 Å². The first-order chi connectivity index (χ1) is 14.7. The Hall–Kier alpha value is -2.93. The van der Waals surface area contributed by atoms with Crippen molar-refractivity contribution in [2.24, 2.45) is 0 Å². The van der Waals surface area contributed by atoms with Crippen LogP contribution in [0.25, 0.3) is 0 Å². The van der Waals surface area contributed by atoms with E-state index in [1.807, 2.05) is 42.6 Å². The summed E-state index contributed by atoms with van der Waals surface area (Å²) < 4.78 is 6.62. The summed E-state index contributed by atoms with van der Waals surface area (Å²) in [5.41, 5.74) is 1.45. The van der Waals surface area contributed by atoms with Crippen molar-refractivity contribution in [2.75, 3.05) is 18.0 Å². The number of halogens is 1. The van der Waals surface area contributed by atoms with Gasteiger partial charge in [0.25, 0.3) is 5.91 Å². The summed E-state index contributed by atoms with van der Waals surface area (Å²) in [6, 6.07) is 14.9. The highest BCUT2D eigenvalue weighted by molar-refractivity contribution is 9.10. The highest BCUT2D eigenvalue weighted by Gasteiger charge is 2.12. The van der Waals surface area contributed by atoms with Crippen molar-refractivity contribution in [3.63, 3.8) is 0 Å². The van der Waals surface area contributed by atoms with E-state index in [1.165, 1.54) is 25.5 Å². The molecule has 7 heteroatoms. The molecule has 3 heterocycles. The normalized spacial score (nSPS) is 13.7. The number of hydrogen-bond donors (Lipinski definition) is 1. The lowest BCUT2D eigenvalue weighted by atomic mass is 10.1. The first-order valence-corrected chi connectivity index (χ1v) is 10.8. The van der Waals surface area contributed by atoms with E-state index in [1.54, 1.807) is 12.1 Å². The molecule has 30 heavy (non-hydrogen) atoms. The highest BCUT2D eigenvalue weighted by Crippen LogP contribution is 2.23. The minimum atomic E-state index is -0.184. The first-order valence-electron chi connectivity index (χ1n) is 10.0. The molecule has 0 atom stereocenters. The smallest absolute Gasteiger partial charge is 0.253 e. The molecular formula is C23H23BrN4O2. The molecule has 1 fully saturated rings. The summed E-state index contributed by atoms with van der Waals surface area (Å²) in [7, 11) is 0. The Morgan fingerprint density at radius 3 is 2.60 bits per heavy atom. The Labute approximate surface area is 184 Å². The third-order valence-corrected chi connectivity index (χ3v) is 5.45. The molecule has 1 aliphatic heterocycles. The number of carbonyl (C=O) groups excluding carboxylic acids is 1. The minimum Gasteiger partial charge on any atom is -0.439 e. The SMILES string of the molecule is O=C(NCc1ccc(N2CCCCC2)nc1)c1ccc(Oc2cccc(Br)c2)nc1. The topological polar surface area (TPSA) is 67.4 Å². The monoisotopic (exact) mass is 466 g/mol. The summed E-state index contributed by atoms with van der Waals surface area (Å²) >= 11 is 3.41. The standard InChI is InChI=1S/C23H23BrN4O2/c24-19-5-4-6-20(13-19)30-22-10-8-18(16-26-22)23(29)27-15-17-7-9-21(25-14-17)28-11-2-1-3-12-28/h4-10,13-14,16H,1-3,11-12,15H2,(H,27,29). The zero-order valence-electron chi connectivity index (χ0n) is 16.6. The van der Waals surface area contributed by atoms with Gasteiger partial charge in [0.2, 0.25) is 5.88 Å². The van der Waals surface area contributed by atoms with Gasteiger partial charge < -0.3 is 15.0 Å². The first kappa shape index (κ1) is 20.3. The number of ether oxygens (including phenoxy) is 1. The average Bonchev–Trinajstić information content (AvgIpc) is 2.79. The van der Waals surface area contributed by atoms with Crippen LogP contribution in [0.5, 0.6) is 11.6 Å². The van der Waals surface area contributed by atoms with Gasteiger partial charge in [-0.2, -0.15) is 0 Å². The van der Waals surface area contributed by atoms with Gasteiger partial charge in [0, 0.05) is 42.6 Å². The van der Waals surface area contributed by atoms with Crippen LogP contribution in [-0.4, -0.2) is 29.0 Å². The summed E-state index contributed by atoms with van der Waals surface area (Å²) in [5, 5.41) is 2.91. The molecule has 1 amide bonds. The predicted molar refractivity (Wildman–Crippen MR) is 120 cm³/mol. The van der Waals surface area contributed by atoms with Gasteiger partial charge in [-0.1, -0.05) is 28.1 Å². The van der Waals surface area contributed by atoms with Crippen LogP contribution in [0.2, 0.25) is 0 Å². The Morgan fingerprint density at radius 2 is 1.90 bits per heavy atom. The number of carbonyl (C=O) groups is 1. The van der Waals surface area contributed by atoms with E-state index in [9.17, 15) is 4.79 Å². The molecule has 0 spiro atoms. The molecule has 6 nitrogen and oxygen atoms in total. The number of aromatic nitrogens is 2. The van der Waals surface area contributed by atoms with Crippen molar-refractivity contribution in [1.82, 2.24) is 15.3 Å². The number of pyridine rings is 2. The fourth-order valence-corrected chi connectivity index (χ4v) is 3.72. The lowest BCUT2D eigenvalue weighted by molar-refractivity contribution is 0.0950. The van der Waals surface area contributed by atoms with Crippen molar-refractivity contribution in [2.45, 2.75) is 25.8 Å². The van der Waals surface area contributed by atoms with E-state index >= 15 is 0 Å². The van der Waals surface area contributed by atoms with Crippen LogP contribution in [-0.2, 0) is 6.54 Å². The number of nitrogens with one attached hydrogen (secondary N) is 1. The van der Waals surface area contributed by atoms with Gasteiger partial charge in [-0.05, 0) is 55.2 Å². The second kappa shape index (κ2) is 9.71. The van der Waals surface area contributed by atoms with E-state index < -0.39 is 0 Å². The fraction of sp³-hybridized carbons (Fsp3) is 0.261. The molecule has 0 saturated carbocycles. The van der Waals surface area contributed by atoms with Crippen LogP contribution in [0.15, 0.2) is 65.4 Å². The Bertz CT molecular complexity index is 987. The van der Waals surface area contributed by atoms with Crippen molar-refractivity contribution < 1.29 is 9.53 Å². The van der Waals surface area contributed by atoms with Gasteiger partial charge in [-0.25, -0.2) is 9.97 Å². The molecule has 0 aliphatic carbocycles. The molecule has 0 radical (unpaired) electrons. The lowest BCUT2D eigenvalue weighted by Gasteiger charge is -2.27. The highest BCUT2D eigenvalue weighted by atomic mass is 79.9. The van der Waals surface area contributed by atoms with Crippen LogP contribution in [0.3, 0.4) is 0 Å². The molecule has 1 N–H and O–H groups in total. The maximum Gasteiger partial charge on any atom is 0.253 e. The Balaban J connectivity index is 1.30.